The van der Waals surface area contributed by atoms with Crippen molar-refractivity contribution in [2.45, 2.75) is 12.8 Å². The van der Waals surface area contributed by atoms with Crippen LogP contribution in [0.4, 0.5) is 0 Å². The summed E-state index contributed by atoms with van der Waals surface area (Å²) in [5.41, 5.74) is -0.589. The highest BCUT2D eigenvalue weighted by Crippen LogP contribution is 2.48. The first kappa shape index (κ1) is 11.3. The topological polar surface area (TPSA) is 68.3 Å². The smallest absolute Gasteiger partial charge is 0.229 e. The molecule has 1 saturated carbocycles. The van der Waals surface area contributed by atoms with E-state index >= 15 is 0 Å². The summed E-state index contributed by atoms with van der Waals surface area (Å²) in [6.07, 6.45) is 2.37. The van der Waals surface area contributed by atoms with Gasteiger partial charge in [0.05, 0.1) is 11.5 Å². The second-order valence-electron chi connectivity index (χ2n) is 3.75. The monoisotopic (exact) mass is 246 g/mol. The lowest BCUT2D eigenvalue weighted by Crippen LogP contribution is -2.22. The summed E-state index contributed by atoms with van der Waals surface area (Å²) in [6.45, 7) is 0. The summed E-state index contributed by atoms with van der Waals surface area (Å²) in [5, 5.41) is 0. The van der Waals surface area contributed by atoms with Crippen LogP contribution in [0.2, 0.25) is 0 Å². The van der Waals surface area contributed by atoms with Crippen molar-refractivity contribution in [3.63, 3.8) is 0 Å². The molecule has 0 unspecified atom stereocenters. The van der Waals surface area contributed by atoms with Crippen LogP contribution in [0.5, 0.6) is 0 Å². The van der Waals surface area contributed by atoms with Crippen LogP contribution in [0.15, 0.2) is 0 Å². The van der Waals surface area contributed by atoms with Gasteiger partial charge in [0.2, 0.25) is 9.05 Å². The molecule has 1 rings (SSSR count). The molecule has 0 aromatic carbocycles. The van der Waals surface area contributed by atoms with Crippen molar-refractivity contribution in [1.82, 2.24) is 0 Å². The highest BCUT2D eigenvalue weighted by Gasteiger charge is 2.48. The second-order valence-corrected chi connectivity index (χ2v) is 8.67. The van der Waals surface area contributed by atoms with E-state index < -0.39 is 24.3 Å². The summed E-state index contributed by atoms with van der Waals surface area (Å²) in [4.78, 5) is 0. The van der Waals surface area contributed by atoms with Crippen molar-refractivity contribution in [3.05, 3.63) is 0 Å². The van der Waals surface area contributed by atoms with Gasteiger partial charge in [-0.15, -0.1) is 0 Å². The van der Waals surface area contributed by atoms with Crippen molar-refractivity contribution < 1.29 is 16.8 Å². The molecule has 4 nitrogen and oxygen atoms in total. The largest absolute Gasteiger partial charge is 0.233 e. The van der Waals surface area contributed by atoms with Crippen LogP contribution in [-0.4, -0.2) is 34.6 Å². The molecule has 78 valence electrons. The van der Waals surface area contributed by atoms with Gasteiger partial charge in [-0.05, 0) is 18.3 Å². The standard InChI is InChI=1S/C6H11ClO4S2/c1-12(8,9)4-6(2-3-6)5-13(7,10)11/h2-5H2,1H3. The fraction of sp³-hybridized carbons (Fsp3) is 1.00. The third-order valence-corrected chi connectivity index (χ3v) is 4.43. The van der Waals surface area contributed by atoms with E-state index in [1.165, 1.54) is 0 Å². The Morgan fingerprint density at radius 1 is 1.15 bits per heavy atom. The van der Waals surface area contributed by atoms with Crippen LogP contribution in [0.1, 0.15) is 12.8 Å². The van der Waals surface area contributed by atoms with E-state index in [4.69, 9.17) is 10.7 Å². The zero-order valence-corrected chi connectivity index (χ0v) is 9.54. The Hall–Kier alpha value is 0.190. The van der Waals surface area contributed by atoms with Crippen LogP contribution in [0, 0.1) is 5.41 Å². The molecule has 0 N–H and O–H groups in total. The molecule has 0 spiro atoms. The fourth-order valence-corrected chi connectivity index (χ4v) is 4.88. The van der Waals surface area contributed by atoms with E-state index in [2.05, 4.69) is 0 Å². The molecular formula is C6H11ClO4S2. The third-order valence-electron chi connectivity index (χ3n) is 2.00. The van der Waals surface area contributed by atoms with E-state index in [1.54, 1.807) is 0 Å². The van der Waals surface area contributed by atoms with Crippen molar-refractivity contribution in [2.24, 2.45) is 5.41 Å². The van der Waals surface area contributed by atoms with E-state index in [0.29, 0.717) is 12.8 Å². The second kappa shape index (κ2) is 3.10. The van der Waals surface area contributed by atoms with Gasteiger partial charge in [0.25, 0.3) is 0 Å². The Balaban J connectivity index is 2.70. The van der Waals surface area contributed by atoms with Crippen molar-refractivity contribution in [2.75, 3.05) is 17.8 Å². The maximum atomic E-state index is 10.9. The highest BCUT2D eigenvalue weighted by molar-refractivity contribution is 8.13. The van der Waals surface area contributed by atoms with Crippen molar-refractivity contribution in [1.29, 1.82) is 0 Å². The molecule has 0 bridgehead atoms. The number of rotatable bonds is 4. The minimum atomic E-state index is -3.58. The van der Waals surface area contributed by atoms with Crippen LogP contribution >= 0.6 is 10.7 Å². The molecule has 1 aliphatic carbocycles. The van der Waals surface area contributed by atoms with Gasteiger partial charge in [-0.3, -0.25) is 0 Å². The maximum Gasteiger partial charge on any atom is 0.233 e. The first-order valence-corrected chi connectivity index (χ1v) is 8.26. The average molecular weight is 247 g/mol. The van der Waals surface area contributed by atoms with E-state index in [1.807, 2.05) is 0 Å². The molecule has 0 aromatic heterocycles. The van der Waals surface area contributed by atoms with Crippen LogP contribution < -0.4 is 0 Å². The first-order valence-electron chi connectivity index (χ1n) is 3.72. The summed E-state index contributed by atoms with van der Waals surface area (Å²) >= 11 is 0. The number of hydrogen-bond acceptors (Lipinski definition) is 4. The predicted molar refractivity (Wildman–Crippen MR) is 51.0 cm³/mol. The molecule has 1 aliphatic rings. The number of hydrogen-bond donors (Lipinski definition) is 0. The van der Waals surface area contributed by atoms with Gasteiger partial charge in [0.15, 0.2) is 0 Å². The Morgan fingerprint density at radius 2 is 1.62 bits per heavy atom. The Morgan fingerprint density at radius 3 is 1.85 bits per heavy atom. The molecule has 0 heterocycles. The maximum absolute atomic E-state index is 10.9. The quantitative estimate of drug-likeness (QED) is 0.673. The molecule has 1 fully saturated rings. The molecule has 0 aromatic rings. The minimum Gasteiger partial charge on any atom is -0.229 e. The summed E-state index contributed by atoms with van der Waals surface area (Å²) in [6, 6.07) is 0. The molecule has 0 aliphatic heterocycles. The van der Waals surface area contributed by atoms with Gasteiger partial charge in [0.1, 0.15) is 9.84 Å². The zero-order chi connectivity index (χ0) is 10.3. The normalized spacial score (nSPS) is 21.4. The van der Waals surface area contributed by atoms with Crippen molar-refractivity contribution >= 4 is 29.6 Å². The van der Waals surface area contributed by atoms with Gasteiger partial charge in [0, 0.05) is 16.9 Å². The molecule has 0 atom stereocenters. The zero-order valence-electron chi connectivity index (χ0n) is 7.16. The number of halogens is 1. The molecule has 0 saturated heterocycles. The Labute approximate surface area is 82.6 Å². The molecule has 7 heteroatoms. The average Bonchev–Trinajstić information content (AvgIpc) is 2.36. The lowest BCUT2D eigenvalue weighted by molar-refractivity contribution is 0.561. The Bertz CT molecular complexity index is 354. The highest BCUT2D eigenvalue weighted by atomic mass is 35.7. The van der Waals surface area contributed by atoms with Crippen LogP contribution in [0.3, 0.4) is 0 Å². The summed E-state index contributed by atoms with van der Waals surface area (Å²) in [5.74, 6) is -0.305. The fourth-order valence-electron chi connectivity index (χ4n) is 1.43. The van der Waals surface area contributed by atoms with E-state index in [0.717, 1.165) is 6.26 Å². The van der Waals surface area contributed by atoms with Gasteiger partial charge >= 0.3 is 0 Å². The van der Waals surface area contributed by atoms with Gasteiger partial charge in [-0.1, -0.05) is 0 Å². The lowest BCUT2D eigenvalue weighted by atomic mass is 10.2. The van der Waals surface area contributed by atoms with Crippen LogP contribution in [-0.2, 0) is 18.9 Å². The molecule has 0 amide bonds. The van der Waals surface area contributed by atoms with Crippen LogP contribution in [0.25, 0.3) is 0 Å². The molecule has 0 radical (unpaired) electrons. The molecule has 13 heavy (non-hydrogen) atoms. The first-order chi connectivity index (χ1) is 5.62. The van der Waals surface area contributed by atoms with Gasteiger partial charge < -0.3 is 0 Å². The summed E-state index contributed by atoms with van der Waals surface area (Å²) in [7, 11) is -1.63. The van der Waals surface area contributed by atoms with E-state index in [9.17, 15) is 16.8 Å². The van der Waals surface area contributed by atoms with Crippen molar-refractivity contribution in [3.8, 4) is 0 Å². The SMILES string of the molecule is CS(=O)(=O)CC1(CS(=O)(=O)Cl)CC1. The van der Waals surface area contributed by atoms with Gasteiger partial charge in [-0.25, -0.2) is 16.8 Å². The predicted octanol–water partition coefficient (Wildman–Crippen LogP) is 0.380. The number of sulfone groups is 1. The van der Waals surface area contributed by atoms with E-state index in [-0.39, 0.29) is 11.5 Å². The molecular weight excluding hydrogens is 236 g/mol. The summed E-state index contributed by atoms with van der Waals surface area (Å²) < 4.78 is 43.4. The lowest BCUT2D eigenvalue weighted by Gasteiger charge is -2.10. The third kappa shape index (κ3) is 4.28. The Kier molecular flexibility index (Phi) is 2.69. The van der Waals surface area contributed by atoms with Gasteiger partial charge in [-0.2, -0.15) is 0 Å². The minimum absolute atomic E-state index is 0.0774.